The van der Waals surface area contributed by atoms with Crippen molar-refractivity contribution in [1.29, 1.82) is 0 Å². The van der Waals surface area contributed by atoms with Gasteiger partial charge in [-0.05, 0) is 29.8 Å². The van der Waals surface area contributed by atoms with Gasteiger partial charge in [0.15, 0.2) is 0 Å². The quantitative estimate of drug-likeness (QED) is 0.501. The van der Waals surface area contributed by atoms with Crippen LogP contribution in [0.4, 0.5) is 10.2 Å². The molecule has 0 aliphatic rings. The maximum Gasteiger partial charge on any atom is 0.265 e. The summed E-state index contributed by atoms with van der Waals surface area (Å²) in [5.41, 5.74) is 0.964. The number of carbonyl (C=O) groups is 1. The van der Waals surface area contributed by atoms with E-state index in [4.69, 9.17) is 0 Å². The van der Waals surface area contributed by atoms with Gasteiger partial charge in [0.1, 0.15) is 11.6 Å². The number of anilines is 1. The number of nitrogens with one attached hydrogen (secondary N) is 1. The van der Waals surface area contributed by atoms with Gasteiger partial charge in [0.25, 0.3) is 6.54 Å². The number of pyridine rings is 1. The van der Waals surface area contributed by atoms with E-state index in [9.17, 15) is 19.3 Å². The molecule has 21 heavy (non-hydrogen) atoms. The Hall–Kier alpha value is -2.83. The van der Waals surface area contributed by atoms with Crippen LogP contribution < -0.4 is 5.32 Å². The number of rotatable bonds is 6. The van der Waals surface area contributed by atoms with E-state index in [1.807, 2.05) is 0 Å². The van der Waals surface area contributed by atoms with Crippen molar-refractivity contribution in [1.82, 2.24) is 4.98 Å². The third kappa shape index (κ3) is 4.07. The molecule has 0 bridgehead atoms. The summed E-state index contributed by atoms with van der Waals surface area (Å²) >= 11 is 0. The highest BCUT2D eigenvalue weighted by Gasteiger charge is 2.17. The zero-order chi connectivity index (χ0) is 15.2. The Morgan fingerprint density at radius 2 is 2.00 bits per heavy atom. The second kappa shape index (κ2) is 6.56. The molecular weight excluding hydrogens is 277 g/mol. The maximum atomic E-state index is 12.8. The first-order chi connectivity index (χ1) is 10.1. The molecule has 0 atom stereocenters. The number of nitrogens with zero attached hydrogens (tertiary/aromatic N) is 2. The lowest BCUT2D eigenvalue weighted by Crippen LogP contribution is -2.16. The predicted molar refractivity (Wildman–Crippen MR) is 74.2 cm³/mol. The normalized spacial score (nSPS) is 10.1. The molecule has 0 aliphatic heterocycles. The van der Waals surface area contributed by atoms with E-state index in [0.717, 1.165) is 5.56 Å². The Morgan fingerprint density at radius 3 is 2.67 bits per heavy atom. The van der Waals surface area contributed by atoms with Gasteiger partial charge in [0, 0.05) is 17.7 Å². The molecular formula is C14H12FN3O3. The maximum absolute atomic E-state index is 12.8. The third-order valence-corrected chi connectivity index (χ3v) is 2.75. The standard InChI is InChI=1S/C14H12FN3O3/c15-11-5-3-10(4-6-11)8-17-14-12(2-1-7-16-14)13(19)9-18(20)21/h1-7H,8-9H2,(H,16,17). The molecule has 0 fully saturated rings. The van der Waals surface area contributed by atoms with Crippen molar-refractivity contribution < 1.29 is 14.1 Å². The molecule has 0 spiro atoms. The van der Waals surface area contributed by atoms with Crippen LogP contribution in [0.15, 0.2) is 42.6 Å². The number of ketones is 1. The fourth-order valence-electron chi connectivity index (χ4n) is 1.76. The Labute approximate surface area is 119 Å². The molecule has 2 rings (SSSR count). The first kappa shape index (κ1) is 14.6. The minimum atomic E-state index is -0.781. The monoisotopic (exact) mass is 289 g/mol. The highest BCUT2D eigenvalue weighted by atomic mass is 19.1. The highest BCUT2D eigenvalue weighted by Crippen LogP contribution is 2.14. The first-order valence-corrected chi connectivity index (χ1v) is 6.14. The smallest absolute Gasteiger partial charge is 0.265 e. The topological polar surface area (TPSA) is 85.1 Å². The number of Topliss-reactive ketones (excluding diaryl/α,β-unsaturated/α-hetero) is 1. The minimum absolute atomic E-state index is 0.163. The minimum Gasteiger partial charge on any atom is -0.365 e. The van der Waals surface area contributed by atoms with Crippen LogP contribution in [0, 0.1) is 15.9 Å². The molecule has 0 saturated heterocycles. The largest absolute Gasteiger partial charge is 0.365 e. The molecule has 1 N–H and O–H groups in total. The second-order valence-corrected chi connectivity index (χ2v) is 4.29. The molecule has 108 valence electrons. The number of hydrogen-bond acceptors (Lipinski definition) is 5. The molecule has 6 nitrogen and oxygen atoms in total. The van der Waals surface area contributed by atoms with E-state index < -0.39 is 17.3 Å². The Bertz CT molecular complexity index is 659. The summed E-state index contributed by atoms with van der Waals surface area (Å²) in [7, 11) is 0. The van der Waals surface area contributed by atoms with E-state index in [0.29, 0.717) is 6.54 Å². The van der Waals surface area contributed by atoms with Crippen LogP contribution in [-0.2, 0) is 6.54 Å². The van der Waals surface area contributed by atoms with Crippen LogP contribution in [0.3, 0.4) is 0 Å². The molecule has 1 heterocycles. The zero-order valence-electron chi connectivity index (χ0n) is 11.0. The van der Waals surface area contributed by atoms with Gasteiger partial charge >= 0.3 is 0 Å². The molecule has 1 aromatic heterocycles. The van der Waals surface area contributed by atoms with Crippen molar-refractivity contribution in [2.45, 2.75) is 6.54 Å². The van der Waals surface area contributed by atoms with E-state index in [-0.39, 0.29) is 17.2 Å². The average Bonchev–Trinajstić information content (AvgIpc) is 2.46. The summed E-state index contributed by atoms with van der Waals surface area (Å²) < 4.78 is 12.8. The highest BCUT2D eigenvalue weighted by molar-refractivity contribution is 6.01. The van der Waals surface area contributed by atoms with Gasteiger partial charge in [-0.15, -0.1) is 0 Å². The average molecular weight is 289 g/mol. The van der Waals surface area contributed by atoms with Crippen molar-refractivity contribution in [3.8, 4) is 0 Å². The summed E-state index contributed by atoms with van der Waals surface area (Å²) in [6, 6.07) is 8.87. The lowest BCUT2D eigenvalue weighted by atomic mass is 10.1. The van der Waals surface area contributed by atoms with Gasteiger partial charge in [0.2, 0.25) is 5.78 Å². The van der Waals surface area contributed by atoms with Crippen molar-refractivity contribution in [2.24, 2.45) is 0 Å². The van der Waals surface area contributed by atoms with Crippen molar-refractivity contribution in [2.75, 3.05) is 11.9 Å². The third-order valence-electron chi connectivity index (χ3n) is 2.75. The number of halogens is 1. The van der Waals surface area contributed by atoms with E-state index in [1.165, 1.54) is 30.5 Å². The van der Waals surface area contributed by atoms with Gasteiger partial charge in [-0.25, -0.2) is 9.37 Å². The second-order valence-electron chi connectivity index (χ2n) is 4.29. The number of nitro groups is 1. The summed E-state index contributed by atoms with van der Waals surface area (Å²) in [5, 5.41) is 13.3. The number of benzene rings is 1. The van der Waals surface area contributed by atoms with Crippen LogP contribution in [-0.4, -0.2) is 22.2 Å². The molecule has 0 saturated carbocycles. The molecule has 0 unspecified atom stereocenters. The van der Waals surface area contributed by atoms with E-state index in [1.54, 1.807) is 12.1 Å². The summed E-state index contributed by atoms with van der Waals surface area (Å²) in [6.07, 6.45) is 1.48. The molecule has 0 radical (unpaired) electrons. The van der Waals surface area contributed by atoms with Crippen molar-refractivity contribution in [3.05, 3.63) is 69.7 Å². The van der Waals surface area contributed by atoms with Crippen LogP contribution in [0.5, 0.6) is 0 Å². The first-order valence-electron chi connectivity index (χ1n) is 6.14. The van der Waals surface area contributed by atoms with Crippen molar-refractivity contribution >= 4 is 11.6 Å². The Kier molecular flexibility index (Phi) is 4.55. The molecule has 0 aliphatic carbocycles. The van der Waals surface area contributed by atoms with Crippen LogP contribution in [0.2, 0.25) is 0 Å². The summed E-state index contributed by atoms with van der Waals surface area (Å²) in [5.74, 6) is -0.679. The SMILES string of the molecule is O=C(C[N+](=O)[O-])c1cccnc1NCc1ccc(F)cc1. The molecule has 0 amide bonds. The Balaban J connectivity index is 2.11. The van der Waals surface area contributed by atoms with Gasteiger partial charge in [-0.2, -0.15) is 0 Å². The molecule has 7 heteroatoms. The van der Waals surface area contributed by atoms with Crippen LogP contribution >= 0.6 is 0 Å². The Morgan fingerprint density at radius 1 is 1.29 bits per heavy atom. The lowest BCUT2D eigenvalue weighted by molar-refractivity contribution is -0.465. The van der Waals surface area contributed by atoms with Gasteiger partial charge < -0.3 is 5.32 Å². The van der Waals surface area contributed by atoms with Crippen LogP contribution in [0.25, 0.3) is 0 Å². The summed E-state index contributed by atoms with van der Waals surface area (Å²) in [6.45, 7) is -0.451. The van der Waals surface area contributed by atoms with Gasteiger partial charge in [0.05, 0.1) is 5.56 Å². The summed E-state index contributed by atoms with van der Waals surface area (Å²) in [4.78, 5) is 25.5. The molecule has 2 aromatic rings. The number of aromatic nitrogens is 1. The zero-order valence-corrected chi connectivity index (χ0v) is 11.0. The number of carbonyl (C=O) groups excluding carboxylic acids is 1. The van der Waals surface area contributed by atoms with Crippen LogP contribution in [0.1, 0.15) is 15.9 Å². The molecule has 1 aromatic carbocycles. The van der Waals surface area contributed by atoms with E-state index >= 15 is 0 Å². The van der Waals surface area contributed by atoms with Gasteiger partial charge in [-0.3, -0.25) is 14.9 Å². The predicted octanol–water partition coefficient (Wildman–Crippen LogP) is 2.29. The fraction of sp³-hybridized carbons (Fsp3) is 0.143. The van der Waals surface area contributed by atoms with E-state index in [2.05, 4.69) is 10.3 Å². The lowest BCUT2D eigenvalue weighted by Gasteiger charge is -2.09. The fourth-order valence-corrected chi connectivity index (χ4v) is 1.76. The van der Waals surface area contributed by atoms with Gasteiger partial charge in [-0.1, -0.05) is 12.1 Å². The number of hydrogen-bond donors (Lipinski definition) is 1. The van der Waals surface area contributed by atoms with Crippen molar-refractivity contribution in [3.63, 3.8) is 0 Å².